The van der Waals surface area contributed by atoms with Gasteiger partial charge < -0.3 is 20.3 Å². The van der Waals surface area contributed by atoms with Crippen LogP contribution >= 0.6 is 35.3 Å². The molecule has 3 rings (SSSR count). The van der Waals surface area contributed by atoms with Gasteiger partial charge in [-0.15, -0.1) is 35.3 Å². The number of hydrogen-bond acceptors (Lipinski definition) is 5. The number of benzene rings is 1. The number of anilines is 1. The van der Waals surface area contributed by atoms with Gasteiger partial charge in [-0.2, -0.15) is 0 Å². The van der Waals surface area contributed by atoms with Crippen molar-refractivity contribution in [2.24, 2.45) is 4.99 Å². The second-order valence-corrected chi connectivity index (χ2v) is 7.00. The maximum Gasteiger partial charge on any atom is 0.229 e. The van der Waals surface area contributed by atoms with Crippen molar-refractivity contribution in [1.82, 2.24) is 15.6 Å². The average Bonchev–Trinajstić information content (AvgIpc) is 3.23. The summed E-state index contributed by atoms with van der Waals surface area (Å²) in [5.41, 5.74) is 1.87. The number of thiazole rings is 1. The highest BCUT2D eigenvalue weighted by Crippen LogP contribution is 2.25. The van der Waals surface area contributed by atoms with Crippen LogP contribution in [-0.4, -0.2) is 43.6 Å². The summed E-state index contributed by atoms with van der Waals surface area (Å²) < 4.78 is 5.25. The van der Waals surface area contributed by atoms with Gasteiger partial charge in [0, 0.05) is 42.8 Å². The largest absolute Gasteiger partial charge is 0.497 e. The van der Waals surface area contributed by atoms with Crippen LogP contribution in [0.25, 0.3) is 0 Å². The number of nitrogens with one attached hydrogen (secondary N) is 2. The van der Waals surface area contributed by atoms with Crippen LogP contribution in [0.5, 0.6) is 5.75 Å². The summed E-state index contributed by atoms with van der Waals surface area (Å²) in [5, 5.41) is 9.60. The van der Waals surface area contributed by atoms with Crippen LogP contribution in [0.3, 0.4) is 0 Å². The highest BCUT2D eigenvalue weighted by Gasteiger charge is 2.31. The summed E-state index contributed by atoms with van der Waals surface area (Å²) in [6.07, 6.45) is 0.425. The van der Waals surface area contributed by atoms with Crippen LogP contribution in [0, 0.1) is 6.92 Å². The van der Waals surface area contributed by atoms with E-state index in [1.165, 1.54) is 0 Å². The number of ether oxygens (including phenoxy) is 1. The molecule has 1 atom stereocenters. The van der Waals surface area contributed by atoms with Crippen LogP contribution in [0.1, 0.15) is 17.1 Å². The van der Waals surface area contributed by atoms with E-state index in [2.05, 4.69) is 20.6 Å². The van der Waals surface area contributed by atoms with E-state index in [-0.39, 0.29) is 35.9 Å². The number of guanidine groups is 1. The van der Waals surface area contributed by atoms with E-state index < -0.39 is 0 Å². The van der Waals surface area contributed by atoms with Crippen LogP contribution in [0.2, 0.25) is 0 Å². The number of carbonyl (C=O) groups excluding carboxylic acids is 1. The molecule has 1 aliphatic heterocycles. The van der Waals surface area contributed by atoms with Crippen LogP contribution < -0.4 is 20.3 Å². The third-order valence-corrected chi connectivity index (χ3v) is 5.09. The third kappa shape index (κ3) is 5.55. The molecule has 2 aromatic rings. The summed E-state index contributed by atoms with van der Waals surface area (Å²) >= 11 is 1.62. The van der Waals surface area contributed by atoms with E-state index in [0.29, 0.717) is 25.5 Å². The Kier molecular flexibility index (Phi) is 7.84. The van der Waals surface area contributed by atoms with Gasteiger partial charge in [0.25, 0.3) is 0 Å². The summed E-state index contributed by atoms with van der Waals surface area (Å²) in [6, 6.07) is 7.54. The first kappa shape index (κ1) is 21.4. The number of carbonyl (C=O) groups is 1. The number of aromatic nitrogens is 1. The molecular formula is C18H24IN5O2S. The summed E-state index contributed by atoms with van der Waals surface area (Å²) in [7, 11) is 3.34. The molecule has 1 aromatic heterocycles. The fourth-order valence-corrected chi connectivity index (χ4v) is 3.57. The Hall–Kier alpha value is -1.88. The van der Waals surface area contributed by atoms with Crippen molar-refractivity contribution in [1.29, 1.82) is 0 Å². The van der Waals surface area contributed by atoms with E-state index in [0.717, 1.165) is 22.1 Å². The number of aliphatic imine (C=N–C) groups is 1. The molecule has 7 nitrogen and oxygen atoms in total. The van der Waals surface area contributed by atoms with E-state index in [4.69, 9.17) is 4.74 Å². The van der Waals surface area contributed by atoms with Gasteiger partial charge in [0.2, 0.25) is 5.91 Å². The second-order valence-electron chi connectivity index (χ2n) is 6.06. The molecule has 1 aromatic carbocycles. The second kappa shape index (κ2) is 9.88. The van der Waals surface area contributed by atoms with Crippen molar-refractivity contribution in [2.75, 3.05) is 25.6 Å². The van der Waals surface area contributed by atoms with Gasteiger partial charge in [0.1, 0.15) is 10.8 Å². The molecule has 9 heteroatoms. The first-order valence-corrected chi connectivity index (χ1v) is 9.29. The minimum atomic E-state index is -0.00191. The molecule has 146 valence electrons. The Morgan fingerprint density at radius 1 is 1.48 bits per heavy atom. The van der Waals surface area contributed by atoms with E-state index in [1.807, 2.05) is 36.6 Å². The molecule has 0 spiro atoms. The van der Waals surface area contributed by atoms with Crippen molar-refractivity contribution in [3.63, 3.8) is 0 Å². The number of halogens is 1. The van der Waals surface area contributed by atoms with E-state index >= 15 is 0 Å². The predicted octanol–water partition coefficient (Wildman–Crippen LogP) is 2.55. The van der Waals surface area contributed by atoms with Crippen molar-refractivity contribution in [3.8, 4) is 5.75 Å². The van der Waals surface area contributed by atoms with Gasteiger partial charge in [-0.25, -0.2) is 4.98 Å². The highest BCUT2D eigenvalue weighted by atomic mass is 127. The fourth-order valence-electron chi connectivity index (χ4n) is 2.86. The first-order valence-electron chi connectivity index (χ1n) is 8.41. The smallest absolute Gasteiger partial charge is 0.229 e. The van der Waals surface area contributed by atoms with Gasteiger partial charge in [0.15, 0.2) is 5.96 Å². The number of nitrogens with zero attached hydrogens (tertiary/aromatic N) is 3. The Morgan fingerprint density at radius 2 is 2.30 bits per heavy atom. The average molecular weight is 501 g/mol. The molecule has 2 heterocycles. The Morgan fingerprint density at radius 3 is 2.96 bits per heavy atom. The maximum absolute atomic E-state index is 12.4. The standard InChI is InChI=1S/C18H23N5O2S.HI/c1-12-11-26-16(21-12)9-20-18(19-2)22-13-7-17(24)23(10-13)14-5-4-6-15(8-14)25-3;/h4-6,8,11,13H,7,9-10H2,1-3H3,(H2,19,20,22);1H. The van der Waals surface area contributed by atoms with Crippen molar-refractivity contribution >= 4 is 52.9 Å². The molecule has 0 radical (unpaired) electrons. The Balaban J connectivity index is 0.00000261. The Bertz CT molecular complexity index is 811. The zero-order chi connectivity index (χ0) is 18.5. The zero-order valence-electron chi connectivity index (χ0n) is 15.6. The SMILES string of the molecule is CN=C(NCc1nc(C)cs1)NC1CC(=O)N(c2cccc(OC)c2)C1.I. The lowest BCUT2D eigenvalue weighted by Gasteiger charge is -2.19. The third-order valence-electron chi connectivity index (χ3n) is 4.13. The van der Waals surface area contributed by atoms with Crippen molar-refractivity contribution < 1.29 is 9.53 Å². The van der Waals surface area contributed by atoms with Crippen LogP contribution in [0.4, 0.5) is 5.69 Å². The number of hydrogen-bond donors (Lipinski definition) is 2. The van der Waals surface area contributed by atoms with Gasteiger partial charge in [0.05, 0.1) is 19.7 Å². The normalized spacial score (nSPS) is 16.9. The maximum atomic E-state index is 12.4. The molecule has 0 saturated carbocycles. The lowest BCUT2D eigenvalue weighted by molar-refractivity contribution is -0.117. The molecular weight excluding hydrogens is 477 g/mol. The molecule has 1 aliphatic rings. The minimum absolute atomic E-state index is 0. The highest BCUT2D eigenvalue weighted by molar-refractivity contribution is 14.0. The van der Waals surface area contributed by atoms with Gasteiger partial charge in [-0.05, 0) is 19.1 Å². The predicted molar refractivity (Wildman–Crippen MR) is 119 cm³/mol. The molecule has 1 unspecified atom stereocenters. The summed E-state index contributed by atoms with van der Waals surface area (Å²) in [6.45, 7) is 3.17. The van der Waals surface area contributed by atoms with Crippen molar-refractivity contribution in [2.45, 2.75) is 25.9 Å². The topological polar surface area (TPSA) is 78.8 Å². The van der Waals surface area contributed by atoms with Gasteiger partial charge >= 0.3 is 0 Å². The number of amides is 1. The van der Waals surface area contributed by atoms with Gasteiger partial charge in [-0.1, -0.05) is 6.07 Å². The molecule has 1 amide bonds. The monoisotopic (exact) mass is 501 g/mol. The zero-order valence-corrected chi connectivity index (χ0v) is 18.7. The number of aryl methyl sites for hydroxylation is 1. The molecule has 2 N–H and O–H groups in total. The minimum Gasteiger partial charge on any atom is -0.497 e. The van der Waals surface area contributed by atoms with Crippen LogP contribution in [0.15, 0.2) is 34.6 Å². The lowest BCUT2D eigenvalue weighted by Crippen LogP contribution is -2.44. The molecule has 1 fully saturated rings. The summed E-state index contributed by atoms with van der Waals surface area (Å²) in [4.78, 5) is 22.9. The molecule has 0 aliphatic carbocycles. The van der Waals surface area contributed by atoms with E-state index in [1.54, 1.807) is 30.4 Å². The van der Waals surface area contributed by atoms with E-state index in [9.17, 15) is 4.79 Å². The summed E-state index contributed by atoms with van der Waals surface area (Å²) in [5.74, 6) is 1.49. The quantitative estimate of drug-likeness (QED) is 0.374. The molecule has 0 bridgehead atoms. The molecule has 1 saturated heterocycles. The van der Waals surface area contributed by atoms with Crippen molar-refractivity contribution in [3.05, 3.63) is 40.3 Å². The number of rotatable bonds is 5. The molecule has 27 heavy (non-hydrogen) atoms. The van der Waals surface area contributed by atoms with Gasteiger partial charge in [-0.3, -0.25) is 9.79 Å². The number of methoxy groups -OCH3 is 1. The first-order chi connectivity index (χ1) is 12.6. The Labute approximate surface area is 180 Å². The lowest BCUT2D eigenvalue weighted by atomic mass is 10.2. The van der Waals surface area contributed by atoms with Crippen LogP contribution in [-0.2, 0) is 11.3 Å². The fraction of sp³-hybridized carbons (Fsp3) is 0.389.